The summed E-state index contributed by atoms with van der Waals surface area (Å²) in [7, 11) is -5.82. The first-order valence-electron chi connectivity index (χ1n) is 13.8. The van der Waals surface area contributed by atoms with Crippen molar-refractivity contribution in [2.45, 2.75) is 35.6 Å². The second-order valence-corrected chi connectivity index (χ2v) is 13.5. The summed E-state index contributed by atoms with van der Waals surface area (Å²) < 4.78 is 104. The van der Waals surface area contributed by atoms with Crippen LogP contribution < -0.4 is 4.90 Å². The maximum absolute atomic E-state index is 14.4. The van der Waals surface area contributed by atoms with Crippen LogP contribution in [-0.4, -0.2) is 53.7 Å². The lowest BCUT2D eigenvalue weighted by atomic mass is 10.0. The van der Waals surface area contributed by atoms with Gasteiger partial charge in [0.25, 0.3) is 9.84 Å². The van der Waals surface area contributed by atoms with Gasteiger partial charge in [-0.3, -0.25) is 14.6 Å². The van der Waals surface area contributed by atoms with E-state index in [0.29, 0.717) is 38.9 Å². The van der Waals surface area contributed by atoms with Gasteiger partial charge in [-0.1, -0.05) is 36.4 Å². The Hall–Kier alpha value is -4.87. The van der Waals surface area contributed by atoms with Gasteiger partial charge in [0, 0.05) is 28.3 Å². The molecule has 0 bridgehead atoms. The van der Waals surface area contributed by atoms with E-state index in [1.165, 1.54) is 23.6 Å². The highest BCUT2D eigenvalue weighted by atomic mass is 32.2. The number of amides is 3. The number of rotatable bonds is 7. The number of anilines is 1. The molecule has 17 heteroatoms. The van der Waals surface area contributed by atoms with E-state index in [1.54, 1.807) is 53.9 Å². The van der Waals surface area contributed by atoms with E-state index in [-0.39, 0.29) is 5.56 Å². The van der Waals surface area contributed by atoms with Gasteiger partial charge in [0.1, 0.15) is 0 Å². The zero-order valence-electron chi connectivity index (χ0n) is 24.0. The standard InChI is InChI=1S/C31H20F6N3O6S2/c32-30(33,34)28(42)46-40(16-18-13-14-38-24-7-3-1-5-22(18)24)25(15-19-17-47-26-8-4-2-6-23(19)26)27(41)39(29(40)43)20-9-11-21(12-10-20)48(44,45)31(35,36)37/h1-14,17,25H,15-16H2/q+1/t25-,40?/m1/s1. The van der Waals surface area contributed by atoms with Crippen molar-refractivity contribution < 1.29 is 58.6 Å². The topological polar surface area (TPSA) is 111 Å². The summed E-state index contributed by atoms with van der Waals surface area (Å²) in [5.74, 6) is -3.91. The van der Waals surface area contributed by atoms with Gasteiger partial charge in [0.15, 0.2) is 6.54 Å². The molecule has 1 unspecified atom stereocenters. The average molecular weight is 709 g/mol. The number of hydrogen-bond acceptors (Lipinski definition) is 8. The van der Waals surface area contributed by atoms with Crippen LogP contribution in [0.1, 0.15) is 11.1 Å². The van der Waals surface area contributed by atoms with Crippen LogP contribution in [0.4, 0.5) is 36.8 Å². The maximum atomic E-state index is 14.4. The SMILES string of the molecule is O=C1[C@@H](Cc2csc3ccccc23)[N+](Cc2ccnc3ccccc23)(OC(=O)C(F)(F)F)C(=O)N1c1ccc(S(=O)(=O)C(F)(F)F)cc1. The van der Waals surface area contributed by atoms with E-state index >= 15 is 0 Å². The van der Waals surface area contributed by atoms with E-state index in [0.717, 1.165) is 16.8 Å². The number of urea groups is 1. The molecule has 6 rings (SSSR count). The normalized spacial score (nSPS) is 19.0. The van der Waals surface area contributed by atoms with Crippen molar-refractivity contribution in [2.24, 2.45) is 0 Å². The van der Waals surface area contributed by atoms with Crippen LogP contribution in [0.25, 0.3) is 21.0 Å². The molecule has 48 heavy (non-hydrogen) atoms. The fourth-order valence-electron chi connectivity index (χ4n) is 5.56. The van der Waals surface area contributed by atoms with Gasteiger partial charge in [-0.2, -0.15) is 31.2 Å². The minimum Gasteiger partial charge on any atom is -0.267 e. The van der Waals surface area contributed by atoms with Crippen LogP contribution in [0.3, 0.4) is 0 Å². The van der Waals surface area contributed by atoms with E-state index in [9.17, 15) is 49.1 Å². The number of carbonyl (C=O) groups excluding carboxylic acids is 3. The predicted octanol–water partition coefficient (Wildman–Crippen LogP) is 6.86. The number of hydrogen-bond donors (Lipinski definition) is 0. The number of alkyl halides is 6. The smallest absolute Gasteiger partial charge is 0.267 e. The number of hydroxylamine groups is 3. The second-order valence-electron chi connectivity index (χ2n) is 10.7. The van der Waals surface area contributed by atoms with Crippen molar-refractivity contribution in [3.05, 3.63) is 102 Å². The van der Waals surface area contributed by atoms with Crippen molar-refractivity contribution in [3.63, 3.8) is 0 Å². The maximum Gasteiger partial charge on any atom is 0.501 e. The van der Waals surface area contributed by atoms with E-state index in [4.69, 9.17) is 4.84 Å². The molecule has 0 aliphatic carbocycles. The van der Waals surface area contributed by atoms with Crippen molar-refractivity contribution in [1.29, 1.82) is 0 Å². The van der Waals surface area contributed by atoms with Gasteiger partial charge < -0.3 is 0 Å². The third kappa shape index (κ3) is 5.56. The quantitative estimate of drug-likeness (QED) is 0.103. The third-order valence-corrected chi connectivity index (χ3v) is 10.3. The lowest BCUT2D eigenvalue weighted by Gasteiger charge is -2.31. The molecule has 1 fully saturated rings. The zero-order valence-corrected chi connectivity index (χ0v) is 25.7. The minimum absolute atomic E-state index is 0.186. The van der Waals surface area contributed by atoms with Crippen molar-refractivity contribution in [3.8, 4) is 0 Å². The molecule has 5 aromatic rings. The molecule has 3 amide bonds. The highest BCUT2D eigenvalue weighted by Gasteiger charge is 2.67. The van der Waals surface area contributed by atoms with Gasteiger partial charge in [-0.15, -0.1) is 11.3 Å². The first-order chi connectivity index (χ1) is 22.5. The Morgan fingerprint density at radius 2 is 1.52 bits per heavy atom. The summed E-state index contributed by atoms with van der Waals surface area (Å²) in [6.45, 7) is -0.779. The Bertz CT molecular complexity index is 2200. The Kier molecular flexibility index (Phi) is 8.04. The number of thiophene rings is 1. The van der Waals surface area contributed by atoms with Crippen molar-refractivity contribution in [2.75, 3.05) is 4.90 Å². The fraction of sp³-hybridized carbons (Fsp3) is 0.161. The number of imide groups is 1. The summed E-state index contributed by atoms with van der Waals surface area (Å²) in [5.41, 5.74) is -5.11. The number of benzene rings is 3. The number of halogens is 6. The number of aromatic nitrogens is 1. The average Bonchev–Trinajstić information content (AvgIpc) is 3.53. The second kappa shape index (κ2) is 11.7. The Morgan fingerprint density at radius 3 is 2.19 bits per heavy atom. The summed E-state index contributed by atoms with van der Waals surface area (Å²) in [5, 5.41) is 2.64. The third-order valence-electron chi connectivity index (χ3n) is 7.83. The Morgan fingerprint density at radius 1 is 0.875 bits per heavy atom. The van der Waals surface area contributed by atoms with E-state index in [2.05, 4.69) is 4.98 Å². The number of para-hydroxylation sites is 1. The molecular formula is C31H20F6N3O6S2+. The molecule has 0 saturated carbocycles. The molecule has 3 aromatic carbocycles. The molecule has 1 aliphatic heterocycles. The molecule has 0 radical (unpaired) electrons. The summed E-state index contributed by atoms with van der Waals surface area (Å²) in [4.78, 5) is 49.6. The molecule has 9 nitrogen and oxygen atoms in total. The Labute approximate surface area is 271 Å². The lowest BCUT2D eigenvalue weighted by molar-refractivity contribution is -1.04. The number of carbonyl (C=O) groups is 3. The van der Waals surface area contributed by atoms with Crippen LogP contribution in [0.5, 0.6) is 0 Å². The van der Waals surface area contributed by atoms with Gasteiger partial charge >= 0.3 is 29.6 Å². The van der Waals surface area contributed by atoms with Gasteiger partial charge in [-0.25, -0.2) is 18.0 Å². The van der Waals surface area contributed by atoms with Crippen molar-refractivity contribution in [1.82, 2.24) is 4.98 Å². The van der Waals surface area contributed by atoms with Crippen LogP contribution in [0, 0.1) is 0 Å². The summed E-state index contributed by atoms with van der Waals surface area (Å²) >= 11 is 1.26. The molecule has 0 N–H and O–H groups in total. The van der Waals surface area contributed by atoms with Crippen LogP contribution in [0.15, 0.2) is 95.3 Å². The zero-order chi connectivity index (χ0) is 34.6. The van der Waals surface area contributed by atoms with Gasteiger partial charge in [0.2, 0.25) is 6.04 Å². The first-order valence-corrected chi connectivity index (χ1v) is 16.2. The number of quaternary nitrogens is 1. The molecule has 1 aliphatic rings. The fourth-order valence-corrected chi connectivity index (χ4v) is 7.30. The van der Waals surface area contributed by atoms with E-state index < -0.39 is 73.7 Å². The number of fused-ring (bicyclic) bond motifs is 2. The number of nitrogens with zero attached hydrogens (tertiary/aromatic N) is 3. The monoisotopic (exact) mass is 708 g/mol. The molecule has 2 atom stereocenters. The first kappa shape index (κ1) is 33.0. The predicted molar refractivity (Wildman–Crippen MR) is 160 cm³/mol. The van der Waals surface area contributed by atoms with Gasteiger partial charge in [0.05, 0.1) is 16.1 Å². The number of sulfone groups is 1. The molecule has 1 saturated heterocycles. The molecule has 0 spiro atoms. The highest BCUT2D eigenvalue weighted by molar-refractivity contribution is 7.92. The lowest BCUT2D eigenvalue weighted by Crippen LogP contribution is -2.58. The minimum atomic E-state index is -5.82. The number of pyridine rings is 1. The van der Waals surface area contributed by atoms with Crippen molar-refractivity contribution >= 4 is 65.8 Å². The summed E-state index contributed by atoms with van der Waals surface area (Å²) in [6.07, 6.45) is -4.68. The molecular weight excluding hydrogens is 688 g/mol. The van der Waals surface area contributed by atoms with Crippen LogP contribution >= 0.6 is 11.3 Å². The summed E-state index contributed by atoms with van der Waals surface area (Å²) in [6, 6.07) is 13.9. The molecule has 248 valence electrons. The Balaban J connectivity index is 1.54. The highest BCUT2D eigenvalue weighted by Crippen LogP contribution is 2.41. The van der Waals surface area contributed by atoms with Crippen LogP contribution in [-0.2, 0) is 37.2 Å². The molecule has 2 aromatic heterocycles. The van der Waals surface area contributed by atoms with E-state index in [1.807, 2.05) is 0 Å². The molecule has 3 heterocycles. The largest absolute Gasteiger partial charge is 0.501 e. The van der Waals surface area contributed by atoms with Gasteiger partial charge in [-0.05, 0) is 63.4 Å². The van der Waals surface area contributed by atoms with Crippen LogP contribution in [0.2, 0.25) is 0 Å².